The van der Waals surface area contributed by atoms with Crippen LogP contribution in [-0.4, -0.2) is 62.0 Å². The van der Waals surface area contributed by atoms with Crippen molar-refractivity contribution in [2.75, 3.05) is 46.3 Å². The second kappa shape index (κ2) is 8.14. The zero-order valence-electron chi connectivity index (χ0n) is 14.9. The molecule has 0 spiro atoms. The van der Waals surface area contributed by atoms with Crippen LogP contribution in [0.4, 0.5) is 0 Å². The zero-order valence-corrected chi connectivity index (χ0v) is 14.9. The van der Waals surface area contributed by atoms with E-state index in [1.807, 2.05) is 0 Å². The van der Waals surface area contributed by atoms with Crippen molar-refractivity contribution < 1.29 is 4.79 Å². The van der Waals surface area contributed by atoms with Crippen LogP contribution >= 0.6 is 0 Å². The SMILES string of the molecule is CCC(C)C(C(=O)NCCN1CCN(C)CC1)C(C)(C)C. The van der Waals surface area contributed by atoms with Crippen LogP contribution in [0.25, 0.3) is 0 Å². The first kappa shape index (κ1) is 18.4. The topological polar surface area (TPSA) is 35.6 Å². The maximum atomic E-state index is 12.5. The van der Waals surface area contributed by atoms with Gasteiger partial charge in [0.2, 0.25) is 5.91 Å². The van der Waals surface area contributed by atoms with E-state index < -0.39 is 0 Å². The van der Waals surface area contributed by atoms with Crippen molar-refractivity contribution in [2.24, 2.45) is 17.3 Å². The fourth-order valence-corrected chi connectivity index (χ4v) is 3.26. The lowest BCUT2D eigenvalue weighted by atomic mass is 9.72. The zero-order chi connectivity index (χ0) is 16.0. The Bertz CT molecular complexity index is 316. The molecule has 2 atom stereocenters. The summed E-state index contributed by atoms with van der Waals surface area (Å²) in [6.45, 7) is 17.1. The van der Waals surface area contributed by atoms with Gasteiger partial charge in [-0.15, -0.1) is 0 Å². The molecule has 1 saturated heterocycles. The average molecular weight is 297 g/mol. The van der Waals surface area contributed by atoms with Gasteiger partial charge in [0, 0.05) is 45.2 Å². The van der Waals surface area contributed by atoms with Gasteiger partial charge >= 0.3 is 0 Å². The van der Waals surface area contributed by atoms with Gasteiger partial charge in [-0.05, 0) is 18.4 Å². The van der Waals surface area contributed by atoms with Crippen molar-refractivity contribution >= 4 is 5.91 Å². The fourth-order valence-electron chi connectivity index (χ4n) is 3.26. The van der Waals surface area contributed by atoms with Crippen LogP contribution < -0.4 is 5.32 Å². The number of carbonyl (C=O) groups is 1. The number of likely N-dealkylation sites (N-methyl/N-ethyl adjacent to an activating group) is 1. The quantitative estimate of drug-likeness (QED) is 0.815. The van der Waals surface area contributed by atoms with Crippen molar-refractivity contribution in [3.8, 4) is 0 Å². The van der Waals surface area contributed by atoms with Crippen LogP contribution in [0.15, 0.2) is 0 Å². The third kappa shape index (κ3) is 5.95. The Hall–Kier alpha value is -0.610. The molecule has 0 radical (unpaired) electrons. The van der Waals surface area contributed by atoms with E-state index in [1.54, 1.807) is 0 Å². The van der Waals surface area contributed by atoms with Crippen molar-refractivity contribution in [1.29, 1.82) is 0 Å². The van der Waals surface area contributed by atoms with Crippen LogP contribution in [0.1, 0.15) is 41.0 Å². The van der Waals surface area contributed by atoms with Gasteiger partial charge in [0.15, 0.2) is 0 Å². The molecule has 4 heteroatoms. The van der Waals surface area contributed by atoms with Crippen molar-refractivity contribution in [3.05, 3.63) is 0 Å². The van der Waals surface area contributed by atoms with Gasteiger partial charge in [-0.3, -0.25) is 9.69 Å². The number of rotatable bonds is 6. The van der Waals surface area contributed by atoms with E-state index in [1.165, 1.54) is 0 Å². The van der Waals surface area contributed by atoms with Crippen LogP contribution in [0, 0.1) is 17.3 Å². The van der Waals surface area contributed by atoms with Gasteiger partial charge in [-0.2, -0.15) is 0 Å². The first-order valence-electron chi connectivity index (χ1n) is 8.44. The number of hydrogen-bond acceptors (Lipinski definition) is 3. The first-order chi connectivity index (χ1) is 9.75. The molecule has 0 aromatic rings. The number of nitrogens with one attached hydrogen (secondary N) is 1. The Balaban J connectivity index is 2.40. The Labute approximate surface area is 131 Å². The fraction of sp³-hybridized carbons (Fsp3) is 0.941. The van der Waals surface area contributed by atoms with Crippen LogP contribution in [0.5, 0.6) is 0 Å². The Morgan fingerprint density at radius 2 is 1.76 bits per heavy atom. The lowest BCUT2D eigenvalue weighted by molar-refractivity contribution is -0.130. The molecule has 0 aliphatic carbocycles. The van der Waals surface area contributed by atoms with Gasteiger partial charge in [0.1, 0.15) is 0 Å². The van der Waals surface area contributed by atoms with E-state index in [0.717, 1.165) is 45.7 Å². The molecule has 1 rings (SSSR count). The maximum absolute atomic E-state index is 12.5. The number of carbonyl (C=O) groups excluding carboxylic acids is 1. The van der Waals surface area contributed by atoms with Gasteiger partial charge in [-0.1, -0.05) is 41.0 Å². The standard InChI is InChI=1S/C17H35N3O/c1-7-14(2)15(17(3,4)5)16(21)18-8-9-20-12-10-19(6)11-13-20/h14-15H,7-13H2,1-6H3,(H,18,21). The van der Waals surface area contributed by atoms with E-state index in [0.29, 0.717) is 5.92 Å². The van der Waals surface area contributed by atoms with Crippen molar-refractivity contribution in [1.82, 2.24) is 15.1 Å². The molecule has 0 saturated carbocycles. The molecule has 2 unspecified atom stereocenters. The number of hydrogen-bond donors (Lipinski definition) is 1. The molecule has 124 valence electrons. The van der Waals surface area contributed by atoms with Crippen LogP contribution in [0.2, 0.25) is 0 Å². The number of amides is 1. The van der Waals surface area contributed by atoms with E-state index in [-0.39, 0.29) is 17.2 Å². The summed E-state index contributed by atoms with van der Waals surface area (Å²) in [7, 11) is 2.17. The van der Waals surface area contributed by atoms with E-state index >= 15 is 0 Å². The highest BCUT2D eigenvalue weighted by molar-refractivity contribution is 5.79. The van der Waals surface area contributed by atoms with E-state index in [4.69, 9.17) is 0 Å². The summed E-state index contributed by atoms with van der Waals surface area (Å²) >= 11 is 0. The predicted molar refractivity (Wildman–Crippen MR) is 89.3 cm³/mol. The van der Waals surface area contributed by atoms with Gasteiger partial charge in [0.25, 0.3) is 0 Å². The minimum absolute atomic E-state index is 0.0212. The van der Waals surface area contributed by atoms with Gasteiger partial charge in [0.05, 0.1) is 0 Å². The summed E-state index contributed by atoms with van der Waals surface area (Å²) in [5.74, 6) is 0.745. The lowest BCUT2D eigenvalue weighted by Gasteiger charge is -2.35. The van der Waals surface area contributed by atoms with Crippen LogP contribution in [-0.2, 0) is 4.79 Å². The molecule has 1 aliphatic heterocycles. The van der Waals surface area contributed by atoms with Crippen molar-refractivity contribution in [2.45, 2.75) is 41.0 Å². The highest BCUT2D eigenvalue weighted by atomic mass is 16.1. The largest absolute Gasteiger partial charge is 0.355 e. The minimum Gasteiger partial charge on any atom is -0.355 e. The molecule has 1 amide bonds. The number of nitrogens with zero attached hydrogens (tertiary/aromatic N) is 2. The summed E-state index contributed by atoms with van der Waals surface area (Å²) in [6, 6.07) is 0. The highest BCUT2D eigenvalue weighted by Crippen LogP contribution is 2.33. The first-order valence-corrected chi connectivity index (χ1v) is 8.44. The van der Waals surface area contributed by atoms with Gasteiger partial charge in [-0.25, -0.2) is 0 Å². The summed E-state index contributed by atoms with van der Waals surface area (Å²) in [4.78, 5) is 17.3. The van der Waals surface area contributed by atoms with E-state index in [2.05, 4.69) is 56.8 Å². The Morgan fingerprint density at radius 3 is 2.24 bits per heavy atom. The summed E-state index contributed by atoms with van der Waals surface area (Å²) in [5.41, 5.74) is 0.0212. The minimum atomic E-state index is 0.0212. The van der Waals surface area contributed by atoms with E-state index in [9.17, 15) is 4.79 Å². The molecule has 1 aliphatic rings. The molecule has 1 heterocycles. The van der Waals surface area contributed by atoms with Gasteiger partial charge < -0.3 is 10.2 Å². The molecule has 1 N–H and O–H groups in total. The monoisotopic (exact) mass is 297 g/mol. The molecular weight excluding hydrogens is 262 g/mol. The molecule has 0 aromatic heterocycles. The third-order valence-electron chi connectivity index (χ3n) is 4.75. The second-order valence-corrected chi connectivity index (χ2v) is 7.67. The lowest BCUT2D eigenvalue weighted by Crippen LogP contribution is -2.48. The normalized spacial score (nSPS) is 21.0. The second-order valence-electron chi connectivity index (χ2n) is 7.67. The summed E-state index contributed by atoms with van der Waals surface area (Å²) in [5, 5.41) is 3.17. The Kier molecular flexibility index (Phi) is 7.14. The third-order valence-corrected chi connectivity index (χ3v) is 4.75. The van der Waals surface area contributed by atoms with Crippen LogP contribution in [0.3, 0.4) is 0 Å². The highest BCUT2D eigenvalue weighted by Gasteiger charge is 2.34. The summed E-state index contributed by atoms with van der Waals surface area (Å²) < 4.78 is 0. The molecule has 0 bridgehead atoms. The van der Waals surface area contributed by atoms with Crippen molar-refractivity contribution in [3.63, 3.8) is 0 Å². The molecule has 21 heavy (non-hydrogen) atoms. The predicted octanol–water partition coefficient (Wildman–Crippen LogP) is 2.06. The molecular formula is C17H35N3O. The molecule has 0 aromatic carbocycles. The average Bonchev–Trinajstić information content (AvgIpc) is 2.39. The molecule has 1 fully saturated rings. The molecule has 4 nitrogen and oxygen atoms in total. The maximum Gasteiger partial charge on any atom is 0.223 e. The summed E-state index contributed by atoms with van der Waals surface area (Å²) in [6.07, 6.45) is 1.05. The smallest absolute Gasteiger partial charge is 0.223 e. The number of piperazine rings is 1. The Morgan fingerprint density at radius 1 is 1.19 bits per heavy atom.